The molecule has 0 bridgehead atoms. The summed E-state index contributed by atoms with van der Waals surface area (Å²) in [6.45, 7) is 3.11. The number of aliphatic hydroxyl groups excluding tert-OH is 1. The van der Waals surface area contributed by atoms with E-state index >= 15 is 0 Å². The third-order valence-corrected chi connectivity index (χ3v) is 7.27. The molecule has 2 heterocycles. The summed E-state index contributed by atoms with van der Waals surface area (Å²) < 4.78 is 13.4. The predicted molar refractivity (Wildman–Crippen MR) is 116 cm³/mol. The van der Waals surface area contributed by atoms with Gasteiger partial charge in [0.2, 0.25) is 11.8 Å². The first kappa shape index (κ1) is 21.5. The number of halogens is 1. The molecule has 0 aromatic heterocycles. The largest absolute Gasteiger partial charge is 0.395 e. The van der Waals surface area contributed by atoms with Gasteiger partial charge in [0.25, 0.3) is 0 Å². The first-order valence-corrected chi connectivity index (χ1v) is 10.9. The van der Waals surface area contributed by atoms with E-state index in [1.165, 1.54) is 12.1 Å². The highest BCUT2D eigenvalue weighted by molar-refractivity contribution is 5.88. The Morgan fingerprint density at radius 3 is 2.42 bits per heavy atom. The van der Waals surface area contributed by atoms with Crippen LogP contribution in [0.4, 0.5) is 4.39 Å². The van der Waals surface area contributed by atoms with Gasteiger partial charge in [-0.05, 0) is 48.4 Å². The molecule has 2 amide bonds. The van der Waals surface area contributed by atoms with Crippen LogP contribution in [0.3, 0.4) is 0 Å². The SMILES string of the molecule is C[C@](CO)(C(=O)N1CCC2(CC1)CC(=O)NC[C@H]2c1ccc(F)cc1)c1ccccc1. The fourth-order valence-corrected chi connectivity index (χ4v) is 5.22. The first-order valence-electron chi connectivity index (χ1n) is 10.9. The normalized spacial score (nSPS) is 22.6. The zero-order valence-electron chi connectivity index (χ0n) is 17.8. The summed E-state index contributed by atoms with van der Waals surface area (Å²) in [4.78, 5) is 27.5. The van der Waals surface area contributed by atoms with Crippen LogP contribution in [0.1, 0.15) is 43.2 Å². The third-order valence-electron chi connectivity index (χ3n) is 7.27. The highest BCUT2D eigenvalue weighted by atomic mass is 19.1. The van der Waals surface area contributed by atoms with E-state index in [2.05, 4.69) is 5.32 Å². The molecule has 164 valence electrons. The molecule has 4 rings (SSSR count). The fraction of sp³-hybridized carbons (Fsp3) is 0.440. The number of hydrogen-bond acceptors (Lipinski definition) is 3. The molecule has 0 saturated carbocycles. The van der Waals surface area contributed by atoms with Crippen LogP contribution in [0, 0.1) is 11.2 Å². The van der Waals surface area contributed by atoms with Gasteiger partial charge >= 0.3 is 0 Å². The number of piperidine rings is 2. The number of carbonyl (C=O) groups excluding carboxylic acids is 2. The Morgan fingerprint density at radius 1 is 1.16 bits per heavy atom. The summed E-state index contributed by atoms with van der Waals surface area (Å²) >= 11 is 0. The molecule has 2 N–H and O–H groups in total. The Bertz CT molecular complexity index is 939. The number of rotatable bonds is 4. The van der Waals surface area contributed by atoms with Crippen LogP contribution in [0.5, 0.6) is 0 Å². The lowest BCUT2D eigenvalue weighted by atomic mass is 9.62. The van der Waals surface area contributed by atoms with E-state index < -0.39 is 5.41 Å². The van der Waals surface area contributed by atoms with Crippen molar-refractivity contribution in [3.05, 3.63) is 71.5 Å². The molecule has 2 fully saturated rings. The van der Waals surface area contributed by atoms with Crippen LogP contribution in [-0.2, 0) is 15.0 Å². The minimum absolute atomic E-state index is 0.0302. The molecule has 2 aliphatic rings. The van der Waals surface area contributed by atoms with Gasteiger partial charge in [0, 0.05) is 32.0 Å². The quantitative estimate of drug-likeness (QED) is 0.793. The Kier molecular flexibility index (Phi) is 5.84. The van der Waals surface area contributed by atoms with Crippen LogP contribution in [0.15, 0.2) is 54.6 Å². The van der Waals surface area contributed by atoms with Crippen molar-refractivity contribution >= 4 is 11.8 Å². The van der Waals surface area contributed by atoms with Crippen LogP contribution in [0.25, 0.3) is 0 Å². The highest BCUT2D eigenvalue weighted by Crippen LogP contribution is 2.49. The van der Waals surface area contributed by atoms with Crippen molar-refractivity contribution in [2.24, 2.45) is 5.41 Å². The topological polar surface area (TPSA) is 69.6 Å². The van der Waals surface area contributed by atoms with Gasteiger partial charge in [0.15, 0.2) is 0 Å². The summed E-state index contributed by atoms with van der Waals surface area (Å²) in [5, 5.41) is 13.1. The van der Waals surface area contributed by atoms with Gasteiger partial charge in [0.05, 0.1) is 12.0 Å². The molecule has 2 aliphatic heterocycles. The Balaban J connectivity index is 1.54. The second-order valence-electron chi connectivity index (χ2n) is 9.10. The number of benzene rings is 2. The van der Waals surface area contributed by atoms with Gasteiger partial charge in [-0.2, -0.15) is 0 Å². The van der Waals surface area contributed by atoms with Gasteiger partial charge in [-0.15, -0.1) is 0 Å². The van der Waals surface area contributed by atoms with Crippen LogP contribution >= 0.6 is 0 Å². The summed E-state index contributed by atoms with van der Waals surface area (Å²) in [5.74, 6) is -0.249. The summed E-state index contributed by atoms with van der Waals surface area (Å²) in [5.41, 5.74) is 0.570. The molecule has 0 radical (unpaired) electrons. The van der Waals surface area contributed by atoms with Gasteiger partial charge in [0.1, 0.15) is 5.82 Å². The number of nitrogens with one attached hydrogen (secondary N) is 1. The zero-order chi connectivity index (χ0) is 22.1. The smallest absolute Gasteiger partial charge is 0.235 e. The van der Waals surface area contributed by atoms with Crippen molar-refractivity contribution in [1.29, 1.82) is 0 Å². The summed E-state index contributed by atoms with van der Waals surface area (Å²) in [6.07, 6.45) is 1.81. The maximum absolute atomic E-state index is 13.4. The van der Waals surface area contributed by atoms with Gasteiger partial charge in [-0.1, -0.05) is 42.5 Å². The van der Waals surface area contributed by atoms with E-state index in [4.69, 9.17) is 0 Å². The standard InChI is InChI=1S/C25H29FN2O3/c1-24(17-29,19-5-3-2-4-6-19)23(31)28-13-11-25(12-14-28)15-22(30)27-16-21(25)18-7-9-20(26)10-8-18/h2-10,21,29H,11-17H2,1H3,(H,27,30)/t21-,24+/m0/s1. The second-order valence-corrected chi connectivity index (χ2v) is 9.10. The Hall–Kier alpha value is -2.73. The third kappa shape index (κ3) is 3.97. The molecule has 1 spiro atoms. The first-order chi connectivity index (χ1) is 14.9. The number of carbonyl (C=O) groups is 2. The van der Waals surface area contributed by atoms with Crippen LogP contribution in [-0.4, -0.2) is 48.1 Å². The molecule has 2 saturated heterocycles. The maximum atomic E-state index is 13.4. The van der Waals surface area contributed by atoms with E-state index in [0.717, 1.165) is 11.1 Å². The number of nitrogens with zero attached hydrogens (tertiary/aromatic N) is 1. The molecule has 0 unspecified atom stereocenters. The minimum Gasteiger partial charge on any atom is -0.395 e. The molecule has 6 heteroatoms. The lowest BCUT2D eigenvalue weighted by Gasteiger charge is -2.50. The van der Waals surface area contributed by atoms with Crippen molar-refractivity contribution in [1.82, 2.24) is 10.2 Å². The van der Waals surface area contributed by atoms with E-state index in [-0.39, 0.29) is 35.6 Å². The lowest BCUT2D eigenvalue weighted by molar-refractivity contribution is -0.142. The van der Waals surface area contributed by atoms with Crippen molar-refractivity contribution in [2.75, 3.05) is 26.2 Å². The average Bonchev–Trinajstić information content (AvgIpc) is 2.80. The van der Waals surface area contributed by atoms with E-state index in [0.29, 0.717) is 38.9 Å². The van der Waals surface area contributed by atoms with E-state index in [1.807, 2.05) is 35.2 Å². The molecular formula is C25H29FN2O3. The van der Waals surface area contributed by atoms with Gasteiger partial charge in [-0.25, -0.2) is 4.39 Å². The monoisotopic (exact) mass is 424 g/mol. The van der Waals surface area contributed by atoms with Crippen molar-refractivity contribution in [3.63, 3.8) is 0 Å². The Labute approximate surface area is 182 Å². The minimum atomic E-state index is -0.994. The highest BCUT2D eigenvalue weighted by Gasteiger charge is 2.48. The maximum Gasteiger partial charge on any atom is 0.235 e. The number of amides is 2. The van der Waals surface area contributed by atoms with Crippen LogP contribution in [0.2, 0.25) is 0 Å². The van der Waals surface area contributed by atoms with Crippen molar-refractivity contribution in [2.45, 2.75) is 37.5 Å². The number of likely N-dealkylation sites (tertiary alicyclic amines) is 1. The van der Waals surface area contributed by atoms with E-state index in [1.54, 1.807) is 19.1 Å². The average molecular weight is 425 g/mol. The number of aliphatic hydroxyl groups is 1. The molecule has 31 heavy (non-hydrogen) atoms. The fourth-order valence-electron chi connectivity index (χ4n) is 5.22. The Morgan fingerprint density at radius 2 is 1.81 bits per heavy atom. The summed E-state index contributed by atoms with van der Waals surface area (Å²) in [6, 6.07) is 15.9. The molecule has 2 atom stereocenters. The van der Waals surface area contributed by atoms with Gasteiger partial charge in [-0.3, -0.25) is 9.59 Å². The zero-order valence-corrected chi connectivity index (χ0v) is 17.8. The number of hydrogen-bond donors (Lipinski definition) is 2. The summed E-state index contributed by atoms with van der Waals surface area (Å²) in [7, 11) is 0. The lowest BCUT2D eigenvalue weighted by Crippen LogP contribution is -2.55. The molecule has 0 aliphatic carbocycles. The van der Waals surface area contributed by atoms with Crippen LogP contribution < -0.4 is 5.32 Å². The predicted octanol–water partition coefficient (Wildman–Crippen LogP) is 2.99. The second kappa shape index (κ2) is 8.42. The van der Waals surface area contributed by atoms with E-state index in [9.17, 15) is 19.1 Å². The molecular weight excluding hydrogens is 395 g/mol. The van der Waals surface area contributed by atoms with Crippen molar-refractivity contribution in [3.8, 4) is 0 Å². The molecule has 5 nitrogen and oxygen atoms in total. The molecule has 2 aromatic carbocycles. The molecule has 2 aromatic rings. The van der Waals surface area contributed by atoms with Gasteiger partial charge < -0.3 is 15.3 Å². The van der Waals surface area contributed by atoms with Crippen molar-refractivity contribution < 1.29 is 19.1 Å².